The van der Waals surface area contributed by atoms with Crippen LogP contribution in [0.15, 0.2) is 0 Å². The number of hydrogen-bond acceptors (Lipinski definition) is 4. The number of rotatable bonds is 1. The minimum atomic E-state index is -0.623. The fraction of sp³-hybridized carbons (Fsp3) is 0.778. The highest BCUT2D eigenvalue weighted by Gasteiger charge is 2.50. The van der Waals surface area contributed by atoms with E-state index in [2.05, 4.69) is 4.74 Å². The maximum Gasteiger partial charge on any atom is 0.324 e. The van der Waals surface area contributed by atoms with Crippen molar-refractivity contribution in [2.75, 3.05) is 20.7 Å². The number of esters is 1. The van der Waals surface area contributed by atoms with Crippen LogP contribution >= 0.6 is 0 Å². The van der Waals surface area contributed by atoms with Gasteiger partial charge in [-0.15, -0.1) is 0 Å². The number of carbonyl (C=O) groups excluding carboxylic acids is 2. The maximum absolute atomic E-state index is 11.5. The van der Waals surface area contributed by atoms with Crippen molar-refractivity contribution in [3.8, 4) is 0 Å². The second-order valence-electron chi connectivity index (χ2n) is 3.99. The van der Waals surface area contributed by atoms with Crippen molar-refractivity contribution >= 4 is 11.8 Å². The molecule has 0 unspecified atom stereocenters. The predicted octanol–water partition coefficient (Wildman–Crippen LogP) is 0.0687. The Bertz CT molecular complexity index is 247. The molecule has 4 heteroatoms. The zero-order chi connectivity index (χ0) is 10.2. The van der Waals surface area contributed by atoms with E-state index in [0.29, 0.717) is 6.54 Å². The smallest absolute Gasteiger partial charge is 0.324 e. The Balaban J connectivity index is 2.95. The monoisotopic (exact) mass is 185 g/mol. The molecule has 0 aliphatic carbocycles. The molecule has 74 valence electrons. The highest BCUT2D eigenvalue weighted by Crippen LogP contribution is 2.32. The number of ketones is 1. The van der Waals surface area contributed by atoms with Gasteiger partial charge >= 0.3 is 5.97 Å². The van der Waals surface area contributed by atoms with E-state index in [1.54, 1.807) is 25.8 Å². The minimum absolute atomic E-state index is 0.0883. The lowest BCUT2D eigenvalue weighted by molar-refractivity contribution is -0.149. The van der Waals surface area contributed by atoms with Gasteiger partial charge in [0.2, 0.25) is 0 Å². The van der Waals surface area contributed by atoms with E-state index in [9.17, 15) is 9.59 Å². The average Bonchev–Trinajstić information content (AvgIpc) is 2.21. The van der Waals surface area contributed by atoms with Crippen molar-refractivity contribution < 1.29 is 14.3 Å². The molecule has 0 amide bonds. The Morgan fingerprint density at radius 3 is 2.46 bits per heavy atom. The Morgan fingerprint density at radius 2 is 2.15 bits per heavy atom. The van der Waals surface area contributed by atoms with E-state index in [1.807, 2.05) is 0 Å². The number of Topliss-reactive ketones (excluding diaryl/α,β-unsaturated/α-hetero) is 1. The van der Waals surface area contributed by atoms with Crippen LogP contribution in [0.4, 0.5) is 0 Å². The Kier molecular flexibility index (Phi) is 2.43. The lowest BCUT2D eigenvalue weighted by Gasteiger charge is -2.25. The summed E-state index contributed by atoms with van der Waals surface area (Å²) in [6, 6.07) is -0.440. The average molecular weight is 185 g/mol. The van der Waals surface area contributed by atoms with Gasteiger partial charge in [0.05, 0.1) is 19.1 Å². The van der Waals surface area contributed by atoms with Gasteiger partial charge in [0.25, 0.3) is 0 Å². The van der Waals surface area contributed by atoms with Gasteiger partial charge in [0, 0.05) is 0 Å². The largest absolute Gasteiger partial charge is 0.468 e. The van der Waals surface area contributed by atoms with Gasteiger partial charge in [-0.3, -0.25) is 14.5 Å². The standard InChI is InChI=1S/C9H15NO3/c1-9(2)6(11)5-10(3)7(9)8(12)13-4/h7H,5H2,1-4H3/t7-/m1/s1. The topological polar surface area (TPSA) is 46.6 Å². The van der Waals surface area contributed by atoms with Crippen LogP contribution in [-0.4, -0.2) is 43.4 Å². The molecule has 0 N–H and O–H groups in total. The first-order valence-electron chi connectivity index (χ1n) is 4.22. The van der Waals surface area contributed by atoms with E-state index in [0.717, 1.165) is 0 Å². The predicted molar refractivity (Wildman–Crippen MR) is 47.2 cm³/mol. The van der Waals surface area contributed by atoms with Crippen molar-refractivity contribution in [3.63, 3.8) is 0 Å². The molecular formula is C9H15NO3. The zero-order valence-corrected chi connectivity index (χ0v) is 8.46. The van der Waals surface area contributed by atoms with Gasteiger partial charge in [0.15, 0.2) is 5.78 Å². The van der Waals surface area contributed by atoms with Crippen molar-refractivity contribution in [3.05, 3.63) is 0 Å². The zero-order valence-electron chi connectivity index (χ0n) is 8.46. The third kappa shape index (κ3) is 1.46. The summed E-state index contributed by atoms with van der Waals surface area (Å²) >= 11 is 0. The third-order valence-corrected chi connectivity index (χ3v) is 2.66. The molecule has 0 aromatic rings. The van der Waals surface area contributed by atoms with E-state index in [1.165, 1.54) is 7.11 Å². The summed E-state index contributed by atoms with van der Waals surface area (Å²) in [6.45, 7) is 3.88. The van der Waals surface area contributed by atoms with Crippen molar-refractivity contribution in [1.82, 2.24) is 4.90 Å². The number of nitrogens with zero attached hydrogens (tertiary/aromatic N) is 1. The van der Waals surface area contributed by atoms with Crippen molar-refractivity contribution in [2.45, 2.75) is 19.9 Å². The van der Waals surface area contributed by atoms with Crippen LogP contribution in [0.1, 0.15) is 13.8 Å². The normalized spacial score (nSPS) is 27.7. The number of likely N-dealkylation sites (tertiary alicyclic amines) is 1. The molecule has 1 heterocycles. The SMILES string of the molecule is COC(=O)[C@H]1N(C)CC(=O)C1(C)C. The lowest BCUT2D eigenvalue weighted by atomic mass is 9.84. The molecule has 1 saturated heterocycles. The van der Waals surface area contributed by atoms with Crippen molar-refractivity contribution in [1.29, 1.82) is 0 Å². The van der Waals surface area contributed by atoms with Gasteiger partial charge in [0.1, 0.15) is 6.04 Å². The van der Waals surface area contributed by atoms with Gasteiger partial charge < -0.3 is 4.74 Å². The van der Waals surface area contributed by atoms with Crippen LogP contribution < -0.4 is 0 Å². The van der Waals surface area contributed by atoms with E-state index in [-0.39, 0.29) is 11.8 Å². The number of methoxy groups -OCH3 is 1. The van der Waals surface area contributed by atoms with Crippen molar-refractivity contribution in [2.24, 2.45) is 5.41 Å². The van der Waals surface area contributed by atoms with Crippen LogP contribution in [0.3, 0.4) is 0 Å². The summed E-state index contributed by atoms with van der Waals surface area (Å²) in [4.78, 5) is 24.6. The number of carbonyl (C=O) groups is 2. The van der Waals surface area contributed by atoms with Crippen LogP contribution in [0.5, 0.6) is 0 Å². The molecule has 1 atom stereocenters. The number of hydrogen-bond donors (Lipinski definition) is 0. The molecule has 0 aromatic heterocycles. The minimum Gasteiger partial charge on any atom is -0.468 e. The first kappa shape index (κ1) is 10.2. The Hall–Kier alpha value is -0.900. The van der Waals surface area contributed by atoms with Gasteiger partial charge in [-0.25, -0.2) is 0 Å². The van der Waals surface area contributed by atoms with E-state index in [4.69, 9.17) is 0 Å². The number of ether oxygens (including phenoxy) is 1. The second kappa shape index (κ2) is 3.10. The second-order valence-corrected chi connectivity index (χ2v) is 3.99. The van der Waals surface area contributed by atoms with Gasteiger partial charge in [-0.05, 0) is 7.05 Å². The van der Waals surface area contributed by atoms with Crippen LogP contribution in [0.25, 0.3) is 0 Å². The highest BCUT2D eigenvalue weighted by atomic mass is 16.5. The van der Waals surface area contributed by atoms with Crippen LogP contribution in [0.2, 0.25) is 0 Å². The summed E-state index contributed by atoms with van der Waals surface area (Å²) in [5.74, 6) is -0.247. The summed E-state index contributed by atoms with van der Waals surface area (Å²) in [5, 5.41) is 0. The van der Waals surface area contributed by atoms with E-state index >= 15 is 0 Å². The van der Waals surface area contributed by atoms with Crippen LogP contribution in [0, 0.1) is 5.41 Å². The molecule has 0 bridgehead atoms. The molecule has 0 radical (unpaired) electrons. The summed E-state index contributed by atoms with van der Waals surface area (Å²) in [5.41, 5.74) is -0.623. The molecule has 0 saturated carbocycles. The lowest BCUT2D eigenvalue weighted by Crippen LogP contribution is -2.43. The summed E-state index contributed by atoms with van der Waals surface area (Å²) in [7, 11) is 3.10. The third-order valence-electron chi connectivity index (χ3n) is 2.66. The summed E-state index contributed by atoms with van der Waals surface area (Å²) < 4.78 is 4.66. The molecule has 1 fully saturated rings. The molecule has 1 rings (SSSR count). The first-order valence-corrected chi connectivity index (χ1v) is 4.22. The molecule has 1 aliphatic rings. The fourth-order valence-electron chi connectivity index (χ4n) is 1.81. The molecule has 4 nitrogen and oxygen atoms in total. The van der Waals surface area contributed by atoms with E-state index < -0.39 is 11.5 Å². The summed E-state index contributed by atoms with van der Waals surface area (Å²) in [6.07, 6.45) is 0. The molecule has 0 aromatic carbocycles. The Labute approximate surface area is 77.8 Å². The van der Waals surface area contributed by atoms with Crippen LogP contribution in [-0.2, 0) is 14.3 Å². The molecule has 0 spiro atoms. The molecule has 13 heavy (non-hydrogen) atoms. The number of likely N-dealkylation sites (N-methyl/N-ethyl adjacent to an activating group) is 1. The highest BCUT2D eigenvalue weighted by molar-refractivity contribution is 5.96. The van der Waals surface area contributed by atoms with Gasteiger partial charge in [-0.2, -0.15) is 0 Å². The fourth-order valence-corrected chi connectivity index (χ4v) is 1.81. The first-order chi connectivity index (χ1) is 5.91. The van der Waals surface area contributed by atoms with Gasteiger partial charge in [-0.1, -0.05) is 13.8 Å². The molecular weight excluding hydrogens is 170 g/mol. The quantitative estimate of drug-likeness (QED) is 0.542. The Morgan fingerprint density at radius 1 is 1.62 bits per heavy atom. The maximum atomic E-state index is 11.5. The molecule has 1 aliphatic heterocycles.